The number of pyridine rings is 1. The van der Waals surface area contributed by atoms with E-state index in [1.807, 2.05) is 20.8 Å². The molecule has 3 atom stereocenters. The summed E-state index contributed by atoms with van der Waals surface area (Å²) in [6.07, 6.45) is 2.43. The zero-order chi connectivity index (χ0) is 26.2. The van der Waals surface area contributed by atoms with Crippen molar-refractivity contribution >= 4 is 23.4 Å². The molecule has 0 bridgehead atoms. The van der Waals surface area contributed by atoms with E-state index in [2.05, 4.69) is 10.3 Å². The van der Waals surface area contributed by atoms with Crippen LogP contribution in [0.5, 0.6) is 5.75 Å². The molecule has 1 aromatic heterocycles. The monoisotopic (exact) mass is 496 g/mol. The molecule has 9 nitrogen and oxygen atoms in total. The van der Waals surface area contributed by atoms with Gasteiger partial charge in [-0.2, -0.15) is 0 Å². The van der Waals surface area contributed by atoms with Crippen LogP contribution in [0.15, 0.2) is 42.6 Å². The first-order valence-electron chi connectivity index (χ1n) is 12.3. The first-order valence-corrected chi connectivity index (χ1v) is 12.3. The van der Waals surface area contributed by atoms with Crippen molar-refractivity contribution in [2.45, 2.75) is 45.8 Å². The van der Waals surface area contributed by atoms with Crippen LogP contribution in [0, 0.1) is 5.92 Å². The Morgan fingerprint density at radius 2 is 1.97 bits per heavy atom. The molecule has 1 aliphatic heterocycles. The van der Waals surface area contributed by atoms with E-state index in [0.717, 1.165) is 6.42 Å². The molecule has 0 aliphatic carbocycles. The van der Waals surface area contributed by atoms with Gasteiger partial charge >= 0.3 is 0 Å². The third kappa shape index (κ3) is 6.60. The summed E-state index contributed by atoms with van der Waals surface area (Å²) in [6.45, 7) is 6.74. The van der Waals surface area contributed by atoms with Gasteiger partial charge in [0.25, 0.3) is 11.8 Å². The lowest BCUT2D eigenvalue weighted by Crippen LogP contribution is -2.48. The number of carbonyl (C=O) groups is 3. The van der Waals surface area contributed by atoms with Crippen LogP contribution in [-0.4, -0.2) is 78.5 Å². The molecule has 3 amide bonds. The summed E-state index contributed by atoms with van der Waals surface area (Å²) < 4.78 is 11.9. The summed E-state index contributed by atoms with van der Waals surface area (Å²) in [5.74, 6) is -0.223. The van der Waals surface area contributed by atoms with Crippen molar-refractivity contribution in [3.05, 3.63) is 53.9 Å². The lowest BCUT2D eigenvalue weighted by molar-refractivity contribution is -0.116. The molecule has 1 N–H and O–H groups in total. The molecule has 1 aliphatic rings. The minimum Gasteiger partial charge on any atom is -0.491 e. The molecule has 1 aromatic carbocycles. The van der Waals surface area contributed by atoms with Crippen molar-refractivity contribution < 1.29 is 23.9 Å². The lowest BCUT2D eigenvalue weighted by atomic mass is 10.0. The van der Waals surface area contributed by atoms with Gasteiger partial charge in [-0.1, -0.05) is 19.9 Å². The van der Waals surface area contributed by atoms with Crippen LogP contribution in [0.4, 0.5) is 5.69 Å². The fourth-order valence-electron chi connectivity index (χ4n) is 4.22. The number of ether oxygens (including phenoxy) is 2. The smallest absolute Gasteiger partial charge is 0.272 e. The number of hydrogen-bond donors (Lipinski definition) is 1. The molecule has 0 saturated heterocycles. The molecule has 0 fully saturated rings. The Balaban J connectivity index is 1.97. The van der Waals surface area contributed by atoms with E-state index in [9.17, 15) is 14.4 Å². The number of aromatic nitrogens is 1. The van der Waals surface area contributed by atoms with Crippen molar-refractivity contribution in [2.75, 3.05) is 39.2 Å². The summed E-state index contributed by atoms with van der Waals surface area (Å²) in [5, 5.41) is 2.85. The molecule has 3 rings (SSSR count). The predicted octanol–water partition coefficient (Wildman–Crippen LogP) is 3.47. The number of hydrogen-bond acceptors (Lipinski definition) is 6. The summed E-state index contributed by atoms with van der Waals surface area (Å²) in [5.41, 5.74) is 1.28. The Labute approximate surface area is 212 Å². The summed E-state index contributed by atoms with van der Waals surface area (Å²) in [7, 11) is 3.33. The Hall–Kier alpha value is -3.46. The highest BCUT2D eigenvalue weighted by Crippen LogP contribution is 2.27. The van der Waals surface area contributed by atoms with Crippen molar-refractivity contribution in [3.63, 3.8) is 0 Å². The quantitative estimate of drug-likeness (QED) is 0.680. The van der Waals surface area contributed by atoms with Crippen LogP contribution in [0.3, 0.4) is 0 Å². The van der Waals surface area contributed by atoms with Crippen LogP contribution in [0.25, 0.3) is 0 Å². The van der Waals surface area contributed by atoms with E-state index in [-0.39, 0.29) is 42.4 Å². The number of methoxy groups -OCH3 is 1. The number of benzene rings is 1. The van der Waals surface area contributed by atoms with Gasteiger partial charge in [0.05, 0.1) is 17.7 Å². The van der Waals surface area contributed by atoms with Crippen LogP contribution in [0.1, 0.15) is 54.5 Å². The van der Waals surface area contributed by atoms with Gasteiger partial charge in [0.2, 0.25) is 5.91 Å². The first-order chi connectivity index (χ1) is 17.2. The third-order valence-corrected chi connectivity index (χ3v) is 6.35. The van der Waals surface area contributed by atoms with Crippen LogP contribution in [-0.2, 0) is 9.53 Å². The van der Waals surface area contributed by atoms with Crippen LogP contribution >= 0.6 is 0 Å². The Kier molecular flexibility index (Phi) is 9.41. The van der Waals surface area contributed by atoms with Crippen molar-refractivity contribution in [3.8, 4) is 5.75 Å². The van der Waals surface area contributed by atoms with E-state index < -0.39 is 0 Å². The maximum Gasteiger partial charge on any atom is 0.272 e. The molecule has 2 heterocycles. The molecule has 36 heavy (non-hydrogen) atoms. The van der Waals surface area contributed by atoms with E-state index in [4.69, 9.17) is 9.47 Å². The molecule has 2 aromatic rings. The predicted molar refractivity (Wildman–Crippen MR) is 137 cm³/mol. The second kappa shape index (κ2) is 12.5. The van der Waals surface area contributed by atoms with Crippen LogP contribution in [0.2, 0.25) is 0 Å². The van der Waals surface area contributed by atoms with E-state index in [0.29, 0.717) is 42.2 Å². The second-order valence-electron chi connectivity index (χ2n) is 9.28. The van der Waals surface area contributed by atoms with Gasteiger partial charge in [-0.3, -0.25) is 19.4 Å². The highest BCUT2D eigenvalue weighted by molar-refractivity contribution is 5.98. The highest BCUT2D eigenvalue weighted by Gasteiger charge is 2.31. The normalized spacial score (nSPS) is 21.0. The number of nitrogens with zero attached hydrogens (tertiary/aromatic N) is 3. The third-order valence-electron chi connectivity index (χ3n) is 6.35. The van der Waals surface area contributed by atoms with Gasteiger partial charge < -0.3 is 24.6 Å². The number of fused-ring (bicyclic) bond motifs is 1. The summed E-state index contributed by atoms with van der Waals surface area (Å²) >= 11 is 0. The van der Waals surface area contributed by atoms with Gasteiger partial charge in [0, 0.05) is 57.5 Å². The Morgan fingerprint density at radius 1 is 1.19 bits per heavy atom. The van der Waals surface area contributed by atoms with Crippen LogP contribution < -0.4 is 10.1 Å². The number of likely N-dealkylation sites (N-methyl/N-ethyl adjacent to an activating group) is 1. The zero-order valence-corrected chi connectivity index (χ0v) is 21.7. The minimum atomic E-state index is -0.321. The zero-order valence-electron chi connectivity index (χ0n) is 21.7. The molecule has 194 valence electrons. The molecule has 0 radical (unpaired) electrons. The standard InChI is InChI=1S/C27H36N4O5/c1-6-9-25(32)29-20-11-12-21-23(14-20)36-17-19(3)31(27(34)22-10-7-8-13-28-22)15-18(2)24(35-5)16-30(4)26(21)33/h7-8,10-14,18-19,24H,6,9,15-17H2,1-5H3,(H,29,32)/t18-,19-,24+/m1/s1. The van der Waals surface area contributed by atoms with Gasteiger partial charge in [-0.05, 0) is 37.6 Å². The molecule has 9 heteroatoms. The molecule has 0 spiro atoms. The van der Waals surface area contributed by atoms with Crippen molar-refractivity contribution in [1.82, 2.24) is 14.8 Å². The second-order valence-corrected chi connectivity index (χ2v) is 9.28. The van der Waals surface area contributed by atoms with Crippen molar-refractivity contribution in [2.24, 2.45) is 5.92 Å². The number of rotatable bonds is 5. The molecular weight excluding hydrogens is 460 g/mol. The molecular formula is C27H36N4O5. The summed E-state index contributed by atoms with van der Waals surface area (Å²) in [4.78, 5) is 46.4. The van der Waals surface area contributed by atoms with Gasteiger partial charge in [0.1, 0.15) is 18.1 Å². The average molecular weight is 497 g/mol. The summed E-state index contributed by atoms with van der Waals surface area (Å²) in [6, 6.07) is 9.94. The fraction of sp³-hybridized carbons (Fsp3) is 0.481. The largest absolute Gasteiger partial charge is 0.491 e. The number of anilines is 1. The SMILES string of the molecule is CCCC(=O)Nc1ccc2c(c1)OC[C@@H](C)N(C(=O)c1ccccn1)C[C@@H](C)[C@@H](OC)CN(C)C2=O. The van der Waals surface area contributed by atoms with E-state index in [1.165, 1.54) is 0 Å². The Bertz CT molecular complexity index is 1060. The lowest BCUT2D eigenvalue weighted by Gasteiger charge is -2.36. The fourth-order valence-corrected chi connectivity index (χ4v) is 4.22. The van der Waals surface area contributed by atoms with Gasteiger partial charge in [0.15, 0.2) is 0 Å². The maximum atomic E-state index is 13.4. The topological polar surface area (TPSA) is 101 Å². The van der Waals surface area contributed by atoms with E-state index >= 15 is 0 Å². The number of carbonyl (C=O) groups excluding carboxylic acids is 3. The van der Waals surface area contributed by atoms with Gasteiger partial charge in [-0.15, -0.1) is 0 Å². The van der Waals surface area contributed by atoms with Gasteiger partial charge in [-0.25, -0.2) is 0 Å². The number of amides is 3. The Morgan fingerprint density at radius 3 is 2.64 bits per heavy atom. The molecule has 0 unspecified atom stereocenters. The maximum absolute atomic E-state index is 13.4. The number of nitrogens with one attached hydrogen (secondary N) is 1. The molecule has 0 saturated carbocycles. The first kappa shape index (κ1) is 27.1. The minimum absolute atomic E-state index is 0.0598. The van der Waals surface area contributed by atoms with E-state index in [1.54, 1.807) is 66.6 Å². The average Bonchev–Trinajstić information content (AvgIpc) is 2.88. The highest BCUT2D eigenvalue weighted by atomic mass is 16.5. The van der Waals surface area contributed by atoms with Crippen molar-refractivity contribution in [1.29, 1.82) is 0 Å².